The van der Waals surface area contributed by atoms with Crippen LogP contribution in [-0.4, -0.2) is 27.9 Å². The number of nitro benzene ring substituents is 1. The number of anilines is 2. The zero-order valence-corrected chi connectivity index (χ0v) is 23.7. The van der Waals surface area contributed by atoms with Crippen molar-refractivity contribution in [1.29, 1.82) is 0 Å². The van der Waals surface area contributed by atoms with E-state index in [1.54, 1.807) is 80.6 Å². The molecule has 4 aromatic carbocycles. The molecule has 0 saturated heterocycles. The molecule has 0 bridgehead atoms. The second-order valence-corrected chi connectivity index (χ2v) is 10.7. The third-order valence-electron chi connectivity index (χ3n) is 6.10. The number of rotatable bonds is 10. The lowest BCUT2D eigenvalue weighted by molar-refractivity contribution is -0.384. The summed E-state index contributed by atoms with van der Waals surface area (Å²) in [5, 5.41) is 18.9. The van der Waals surface area contributed by atoms with Crippen LogP contribution in [0.25, 0.3) is 6.08 Å². The van der Waals surface area contributed by atoms with Crippen LogP contribution in [0.5, 0.6) is 0 Å². The Balaban J connectivity index is 1.46. The van der Waals surface area contributed by atoms with Gasteiger partial charge in [0.1, 0.15) is 5.70 Å². The number of aryl methyl sites for hydroxylation is 1. The van der Waals surface area contributed by atoms with Crippen molar-refractivity contribution in [1.82, 2.24) is 5.32 Å². The number of amides is 3. The van der Waals surface area contributed by atoms with Crippen LogP contribution in [-0.2, 0) is 9.59 Å². The fraction of sp³-hybridized carbons (Fsp3) is 0.0938. The van der Waals surface area contributed by atoms with Gasteiger partial charge in [-0.3, -0.25) is 24.5 Å². The van der Waals surface area contributed by atoms with E-state index in [9.17, 15) is 24.5 Å². The van der Waals surface area contributed by atoms with Crippen molar-refractivity contribution in [2.24, 2.45) is 0 Å². The van der Waals surface area contributed by atoms with Crippen molar-refractivity contribution in [2.75, 3.05) is 10.6 Å². The van der Waals surface area contributed by atoms with Crippen LogP contribution in [0.3, 0.4) is 0 Å². The summed E-state index contributed by atoms with van der Waals surface area (Å²) in [6, 6.07) is 29.0. The molecular weight excluding hydrogens is 552 g/mol. The lowest BCUT2D eigenvalue weighted by Crippen LogP contribution is -2.30. The number of carbonyl (C=O) groups excluding carboxylic acids is 3. The van der Waals surface area contributed by atoms with Gasteiger partial charge in [0.05, 0.1) is 15.9 Å². The van der Waals surface area contributed by atoms with Crippen molar-refractivity contribution in [2.45, 2.75) is 24.0 Å². The number of non-ortho nitro benzene ring substituents is 1. The van der Waals surface area contributed by atoms with Gasteiger partial charge < -0.3 is 16.0 Å². The zero-order chi connectivity index (χ0) is 30.1. The van der Waals surface area contributed by atoms with E-state index < -0.39 is 22.0 Å². The van der Waals surface area contributed by atoms with Crippen molar-refractivity contribution < 1.29 is 19.3 Å². The maximum Gasteiger partial charge on any atom is 0.272 e. The Morgan fingerprint density at radius 2 is 1.55 bits per heavy atom. The normalized spacial score (nSPS) is 11.7. The standard InChI is InChI=1S/C32H28N4O5S/c1-21-16-17-26(36(40)41)20-28(21)34-30(37)22(2)42-27-15-9-14-25(19-27)33-32(39)29(18-23-10-5-3-6-11-23)35-31(38)24-12-7-4-8-13-24/h3-20,22H,1-2H3,(H,33,39)(H,34,37)(H,35,38)/b29-18-. The lowest BCUT2D eigenvalue weighted by Gasteiger charge is -2.15. The summed E-state index contributed by atoms with van der Waals surface area (Å²) in [5.41, 5.74) is 2.65. The molecule has 0 aliphatic carbocycles. The smallest absolute Gasteiger partial charge is 0.272 e. The second kappa shape index (κ2) is 13.9. The number of hydrogen-bond donors (Lipinski definition) is 3. The van der Waals surface area contributed by atoms with Gasteiger partial charge in [-0.1, -0.05) is 60.7 Å². The molecular formula is C32H28N4O5S. The Kier molecular flexibility index (Phi) is 9.85. The molecule has 4 rings (SSSR count). The maximum absolute atomic E-state index is 13.3. The van der Waals surface area contributed by atoms with Gasteiger partial charge in [0.2, 0.25) is 5.91 Å². The van der Waals surface area contributed by atoms with Gasteiger partial charge in [-0.2, -0.15) is 0 Å². The average Bonchev–Trinajstić information content (AvgIpc) is 2.98. The molecule has 0 aliphatic rings. The highest BCUT2D eigenvalue weighted by Crippen LogP contribution is 2.28. The second-order valence-electron chi connectivity index (χ2n) is 9.28. The molecule has 0 spiro atoms. The molecule has 0 aliphatic heterocycles. The first-order valence-corrected chi connectivity index (χ1v) is 13.8. The van der Waals surface area contributed by atoms with Gasteiger partial charge in [0.15, 0.2) is 0 Å². The number of carbonyl (C=O) groups is 3. The molecule has 212 valence electrons. The number of nitrogens with one attached hydrogen (secondary N) is 3. The topological polar surface area (TPSA) is 130 Å². The third kappa shape index (κ3) is 8.15. The predicted molar refractivity (Wildman–Crippen MR) is 165 cm³/mol. The van der Waals surface area contributed by atoms with Gasteiger partial charge in [0, 0.05) is 28.3 Å². The molecule has 9 nitrogen and oxygen atoms in total. The molecule has 3 N–H and O–H groups in total. The van der Waals surface area contributed by atoms with Crippen LogP contribution in [0, 0.1) is 17.0 Å². The van der Waals surface area contributed by atoms with E-state index in [1.165, 1.54) is 23.9 Å². The van der Waals surface area contributed by atoms with Gasteiger partial charge >= 0.3 is 0 Å². The Hall–Kier alpha value is -5.22. The van der Waals surface area contributed by atoms with E-state index in [1.807, 2.05) is 30.3 Å². The van der Waals surface area contributed by atoms with E-state index >= 15 is 0 Å². The Bertz CT molecular complexity index is 1640. The van der Waals surface area contributed by atoms with Crippen LogP contribution in [0.2, 0.25) is 0 Å². The largest absolute Gasteiger partial charge is 0.325 e. The number of thioether (sulfide) groups is 1. The first kappa shape index (κ1) is 29.8. The Morgan fingerprint density at radius 1 is 0.857 bits per heavy atom. The molecule has 0 aromatic heterocycles. The molecule has 4 aromatic rings. The highest BCUT2D eigenvalue weighted by molar-refractivity contribution is 8.00. The number of hydrogen-bond acceptors (Lipinski definition) is 6. The van der Waals surface area contributed by atoms with Gasteiger partial charge in [-0.05, 0) is 61.4 Å². The van der Waals surface area contributed by atoms with E-state index in [0.717, 1.165) is 5.56 Å². The van der Waals surface area contributed by atoms with E-state index in [-0.39, 0.29) is 17.3 Å². The molecule has 0 saturated carbocycles. The summed E-state index contributed by atoms with van der Waals surface area (Å²) in [4.78, 5) is 50.4. The molecule has 1 unspecified atom stereocenters. The van der Waals surface area contributed by atoms with Crippen molar-refractivity contribution in [3.8, 4) is 0 Å². The van der Waals surface area contributed by atoms with Crippen LogP contribution in [0.4, 0.5) is 17.1 Å². The quantitative estimate of drug-likeness (QED) is 0.0857. The monoisotopic (exact) mass is 580 g/mol. The number of nitro groups is 1. The van der Waals surface area contributed by atoms with E-state index in [0.29, 0.717) is 27.4 Å². The number of nitrogens with zero attached hydrogens (tertiary/aromatic N) is 1. The molecule has 10 heteroatoms. The van der Waals surface area contributed by atoms with Crippen molar-refractivity contribution in [3.05, 3.63) is 136 Å². The third-order valence-corrected chi connectivity index (χ3v) is 7.20. The van der Waals surface area contributed by atoms with E-state index in [4.69, 9.17) is 0 Å². The summed E-state index contributed by atoms with van der Waals surface area (Å²) in [5.74, 6) is -1.26. The first-order valence-electron chi connectivity index (χ1n) is 13.0. The average molecular weight is 581 g/mol. The fourth-order valence-corrected chi connectivity index (χ4v) is 4.78. The first-order chi connectivity index (χ1) is 20.2. The maximum atomic E-state index is 13.3. The fourth-order valence-electron chi connectivity index (χ4n) is 3.85. The molecule has 1 atom stereocenters. The molecule has 0 radical (unpaired) electrons. The highest BCUT2D eigenvalue weighted by Gasteiger charge is 2.19. The summed E-state index contributed by atoms with van der Waals surface area (Å²) in [6.07, 6.45) is 1.59. The Morgan fingerprint density at radius 3 is 2.24 bits per heavy atom. The van der Waals surface area contributed by atoms with Gasteiger partial charge in [-0.15, -0.1) is 11.8 Å². The molecule has 3 amide bonds. The summed E-state index contributed by atoms with van der Waals surface area (Å²) in [7, 11) is 0. The SMILES string of the molecule is Cc1ccc([N+](=O)[O-])cc1NC(=O)C(C)Sc1cccc(NC(=O)/C(=C/c2ccccc2)NC(=O)c2ccccc2)c1. The highest BCUT2D eigenvalue weighted by atomic mass is 32.2. The minimum Gasteiger partial charge on any atom is -0.325 e. The zero-order valence-electron chi connectivity index (χ0n) is 22.9. The predicted octanol–water partition coefficient (Wildman–Crippen LogP) is 6.43. The van der Waals surface area contributed by atoms with Crippen molar-refractivity contribution >= 4 is 52.6 Å². The van der Waals surface area contributed by atoms with E-state index in [2.05, 4.69) is 16.0 Å². The summed E-state index contributed by atoms with van der Waals surface area (Å²) < 4.78 is 0. The molecule has 42 heavy (non-hydrogen) atoms. The van der Waals surface area contributed by atoms with Crippen molar-refractivity contribution in [3.63, 3.8) is 0 Å². The van der Waals surface area contributed by atoms with Crippen LogP contribution < -0.4 is 16.0 Å². The van der Waals surface area contributed by atoms with Gasteiger partial charge in [-0.25, -0.2) is 0 Å². The minimum atomic E-state index is -0.548. The Labute approximate surface area is 247 Å². The molecule has 0 heterocycles. The van der Waals surface area contributed by atoms with Crippen LogP contribution >= 0.6 is 11.8 Å². The molecule has 0 fully saturated rings. The summed E-state index contributed by atoms with van der Waals surface area (Å²) in [6.45, 7) is 3.48. The van der Waals surface area contributed by atoms with Crippen LogP contribution in [0.1, 0.15) is 28.4 Å². The lowest BCUT2D eigenvalue weighted by atomic mass is 10.1. The summed E-state index contributed by atoms with van der Waals surface area (Å²) >= 11 is 1.27. The van der Waals surface area contributed by atoms with Gasteiger partial charge in [0.25, 0.3) is 17.5 Å². The van der Waals surface area contributed by atoms with Crippen LogP contribution in [0.15, 0.2) is 114 Å². The minimum absolute atomic E-state index is 0.0631. The number of benzene rings is 4.